The molecule has 4 N–H and O–H groups in total. The molecule has 0 aliphatic heterocycles. The van der Waals surface area contributed by atoms with E-state index in [4.69, 9.17) is 32.3 Å². The predicted molar refractivity (Wildman–Crippen MR) is 509 cm³/mol. The first-order valence-electron chi connectivity index (χ1n) is 48.8. The molecule has 0 rings (SSSR count). The van der Waals surface area contributed by atoms with Crippen molar-refractivity contribution < 1.29 is 75.8 Å². The van der Waals surface area contributed by atoms with Gasteiger partial charge in [-0.25, -0.2) is 9.13 Å². The van der Waals surface area contributed by atoms with Crippen LogP contribution in [0.4, 0.5) is 0 Å². The smallest absolute Gasteiger partial charge is 0.463 e. The van der Waals surface area contributed by atoms with Crippen LogP contribution in [0.1, 0.15) is 419 Å². The van der Waals surface area contributed by atoms with Crippen LogP contribution in [0.2, 0.25) is 0 Å². The number of allylic oxidation sites excluding steroid dienone is 26. The van der Waals surface area contributed by atoms with Crippen LogP contribution in [0.25, 0.3) is 0 Å². The van der Waals surface area contributed by atoms with Crippen molar-refractivity contribution in [2.45, 2.75) is 437 Å². The van der Waals surface area contributed by atoms with Crippen LogP contribution >= 0.6 is 15.6 Å². The minimum atomic E-state index is -4.95. The molecule has 5 atom stereocenters. The minimum absolute atomic E-state index is 0.0872. The number of phosphoric ester groups is 2. The van der Waals surface area contributed by atoms with Crippen molar-refractivity contribution in [2.75, 3.05) is 39.6 Å². The summed E-state index contributed by atoms with van der Waals surface area (Å²) in [5, 5.41) is 20.8. The molecule has 0 amide bonds. The minimum Gasteiger partial charge on any atom is -0.463 e. The molecule has 0 bridgehead atoms. The Labute approximate surface area is 740 Å². The van der Waals surface area contributed by atoms with Crippen molar-refractivity contribution in [2.24, 2.45) is 0 Å². The first kappa shape index (κ1) is 116. The fraction of sp³-hybridized carbons (Fsp3) is 0.718. The summed E-state index contributed by atoms with van der Waals surface area (Å²) in [6.07, 6.45) is 122. The lowest BCUT2D eigenvalue weighted by molar-refractivity contribution is -0.161. The Morgan fingerprint density at radius 3 is 0.694 bits per heavy atom. The maximum atomic E-state index is 13.1. The molecule has 0 saturated carbocycles. The van der Waals surface area contributed by atoms with Crippen LogP contribution in [0.15, 0.2) is 158 Å². The molecular weight excluding hydrogens is 1560 g/mol. The van der Waals surface area contributed by atoms with E-state index in [1.54, 1.807) is 0 Å². The van der Waals surface area contributed by atoms with Gasteiger partial charge in [-0.3, -0.25) is 32.5 Å². The number of carbonyl (C=O) groups excluding carboxylic acids is 3. The average molecular weight is 1730 g/mol. The molecule has 0 saturated heterocycles. The highest BCUT2D eigenvalue weighted by atomic mass is 31.2. The summed E-state index contributed by atoms with van der Waals surface area (Å²) in [5.41, 5.74) is 0. The highest BCUT2D eigenvalue weighted by Gasteiger charge is 2.30. The van der Waals surface area contributed by atoms with Gasteiger partial charge in [0.25, 0.3) is 0 Å². The zero-order chi connectivity index (χ0) is 87.9. The fourth-order valence-corrected chi connectivity index (χ4v) is 14.9. The molecule has 0 fully saturated rings. The summed E-state index contributed by atoms with van der Waals surface area (Å²) in [7, 11) is -9.81. The number of rotatable bonds is 92. The normalized spacial score (nSPS) is 14.4. The second kappa shape index (κ2) is 94.3. The third-order valence-corrected chi connectivity index (χ3v) is 22.6. The molecule has 0 aliphatic carbocycles. The highest BCUT2D eigenvalue weighted by molar-refractivity contribution is 7.47. The van der Waals surface area contributed by atoms with Crippen LogP contribution in [0.3, 0.4) is 0 Å². The molecule has 0 spiro atoms. The SMILES string of the molecule is CC/C=C\C/C=C\C/C=C\C/C=C\C/C=C\C/C=C\CCCCCCCCCCCCCCC(=O)OCC(COP(=O)(O)OCC(O)COP(=O)(O)OCC(O)COC(=O)CCCCCCCCCCCCCCCCCCCCC/C=C\C/C=C\C/C=C\C/C=C\CCCCC)OC(=O)CCCCCCCC/C=C\C/C=C\C/C=C\CCCCC. The van der Waals surface area contributed by atoms with Gasteiger partial charge in [0.05, 0.1) is 26.4 Å². The summed E-state index contributed by atoms with van der Waals surface area (Å²) < 4.78 is 61.5. The Balaban J connectivity index is 4.50. The van der Waals surface area contributed by atoms with Gasteiger partial charge in [-0.1, -0.05) is 403 Å². The van der Waals surface area contributed by atoms with Crippen molar-refractivity contribution in [3.05, 3.63) is 158 Å². The summed E-state index contributed by atoms with van der Waals surface area (Å²) >= 11 is 0. The lowest BCUT2D eigenvalue weighted by atomic mass is 10.0. The van der Waals surface area contributed by atoms with Crippen LogP contribution in [-0.2, 0) is 55.8 Å². The van der Waals surface area contributed by atoms with Crippen LogP contribution in [0.5, 0.6) is 0 Å². The number of hydrogen-bond acceptors (Lipinski definition) is 14. The summed E-state index contributed by atoms with van der Waals surface area (Å²) in [6.45, 7) is 2.56. The van der Waals surface area contributed by atoms with Crippen LogP contribution < -0.4 is 0 Å². The van der Waals surface area contributed by atoms with E-state index in [9.17, 15) is 43.5 Å². The number of aliphatic hydroxyl groups excluding tert-OH is 2. The average Bonchev–Trinajstić information content (AvgIpc) is 0.900. The third kappa shape index (κ3) is 95.7. The van der Waals surface area contributed by atoms with Gasteiger partial charge in [0.1, 0.15) is 25.4 Å². The molecule has 0 aromatic carbocycles. The van der Waals surface area contributed by atoms with Gasteiger partial charge in [0.2, 0.25) is 0 Å². The quantitative estimate of drug-likeness (QED) is 0.0146. The van der Waals surface area contributed by atoms with Gasteiger partial charge in [0.15, 0.2) is 6.10 Å². The van der Waals surface area contributed by atoms with E-state index in [1.165, 1.54) is 193 Å². The largest absolute Gasteiger partial charge is 0.472 e. The Kier molecular flexibility index (Phi) is 90.5. The molecule has 5 unspecified atom stereocenters. The summed E-state index contributed by atoms with van der Waals surface area (Å²) in [6, 6.07) is 0. The molecule has 0 aliphatic rings. The Morgan fingerprint density at radius 1 is 0.240 bits per heavy atom. The number of unbranched alkanes of at least 4 members (excludes halogenated alkanes) is 43. The van der Waals surface area contributed by atoms with E-state index in [-0.39, 0.29) is 19.3 Å². The Morgan fingerprint density at radius 2 is 0.438 bits per heavy atom. The van der Waals surface area contributed by atoms with Gasteiger partial charge in [0, 0.05) is 19.3 Å². The van der Waals surface area contributed by atoms with E-state index in [1.807, 2.05) is 0 Å². The first-order valence-corrected chi connectivity index (χ1v) is 51.8. The van der Waals surface area contributed by atoms with Crippen molar-refractivity contribution in [1.82, 2.24) is 0 Å². The van der Waals surface area contributed by atoms with Gasteiger partial charge in [-0.15, -0.1) is 0 Å². The summed E-state index contributed by atoms with van der Waals surface area (Å²) in [5.74, 6) is -1.58. The van der Waals surface area contributed by atoms with Crippen LogP contribution in [-0.4, -0.2) is 95.9 Å². The number of carbonyl (C=O) groups is 3. The molecule has 0 heterocycles. The standard InChI is InChI=1S/C103H178O16P2/c1-4-7-10-13-16-19-22-25-28-31-34-36-38-40-42-44-46-47-48-49-51-53-54-56-58-60-63-65-68-71-74-77-80-83-86-89-101(106)113-92-98(104)93-115-120(109,110)116-94-99(105)95-117-121(111,112)118-97-100(119-103(108)91-88-85-82-79-76-73-70-67-62-33-30-27-24-21-18-15-12-9-6-3)96-114-102(107)90-87-84-81-78-75-72-69-66-64-61-59-57-55-52-50-45-43-41-39-37-35-32-29-26-23-20-17-14-11-8-5-2/h8,11,16-21,25-30,34-37,40-43,50,52,62,67,98-100,104-105H,4-7,9-10,12-15,22-24,31-33,38-39,44-49,51,53-61,63-66,68-97H2,1-3H3,(H,109,110)(H,111,112)/b11-8-,19-16-,20-17-,21-18-,28-25-,29-26-,30-27-,36-34-,37-35-,42-40-,43-41-,52-50-,67-62-. The van der Waals surface area contributed by atoms with Crippen molar-refractivity contribution in [3.8, 4) is 0 Å². The molecular formula is C103H178O16P2. The second-order valence-electron chi connectivity index (χ2n) is 32.5. The topological polar surface area (TPSA) is 231 Å². The summed E-state index contributed by atoms with van der Waals surface area (Å²) in [4.78, 5) is 59.1. The lowest BCUT2D eigenvalue weighted by Crippen LogP contribution is -2.30. The number of hydrogen-bond donors (Lipinski definition) is 4. The molecule has 18 heteroatoms. The van der Waals surface area contributed by atoms with Crippen molar-refractivity contribution in [1.29, 1.82) is 0 Å². The molecule has 121 heavy (non-hydrogen) atoms. The molecule has 696 valence electrons. The van der Waals surface area contributed by atoms with Gasteiger partial charge < -0.3 is 34.2 Å². The van der Waals surface area contributed by atoms with Gasteiger partial charge in [-0.05, 0) is 154 Å². The fourth-order valence-electron chi connectivity index (χ4n) is 13.3. The molecule has 0 aromatic heterocycles. The maximum absolute atomic E-state index is 13.1. The zero-order valence-corrected chi connectivity index (χ0v) is 78.7. The van der Waals surface area contributed by atoms with Gasteiger partial charge >= 0.3 is 33.6 Å². The number of aliphatic hydroxyl groups is 2. The van der Waals surface area contributed by atoms with E-state index in [0.29, 0.717) is 19.3 Å². The zero-order valence-electron chi connectivity index (χ0n) is 76.9. The monoisotopic (exact) mass is 1730 g/mol. The number of ether oxygens (including phenoxy) is 3. The predicted octanol–water partition coefficient (Wildman–Crippen LogP) is 30.5. The molecule has 0 radical (unpaired) electrons. The van der Waals surface area contributed by atoms with E-state index >= 15 is 0 Å². The van der Waals surface area contributed by atoms with Crippen LogP contribution in [0, 0.1) is 0 Å². The van der Waals surface area contributed by atoms with Crippen molar-refractivity contribution >= 4 is 33.6 Å². The highest BCUT2D eigenvalue weighted by Crippen LogP contribution is 2.45. The van der Waals surface area contributed by atoms with E-state index in [0.717, 1.165) is 167 Å². The lowest BCUT2D eigenvalue weighted by Gasteiger charge is -2.21. The van der Waals surface area contributed by atoms with Gasteiger partial charge in [-0.2, -0.15) is 0 Å². The molecule has 16 nitrogen and oxygen atoms in total. The third-order valence-electron chi connectivity index (χ3n) is 20.7. The van der Waals surface area contributed by atoms with Crippen molar-refractivity contribution in [3.63, 3.8) is 0 Å². The van der Waals surface area contributed by atoms with E-state index in [2.05, 4.69) is 179 Å². The van der Waals surface area contributed by atoms with E-state index < -0.39 is 91.5 Å². The number of esters is 3. The molecule has 0 aromatic rings. The number of phosphoric acid groups is 2. The Bertz CT molecular complexity index is 2830. The maximum Gasteiger partial charge on any atom is 0.472 e. The first-order chi connectivity index (χ1) is 59.2. The Hall–Kier alpha value is -4.83. The second-order valence-corrected chi connectivity index (χ2v) is 35.4.